The lowest BCUT2D eigenvalue weighted by atomic mass is 8.55. The third-order valence-electron chi connectivity index (χ3n) is 3.64. The van der Waals surface area contributed by atoms with Crippen LogP contribution in [0.1, 0.15) is 0 Å². The van der Waals surface area contributed by atoms with Crippen molar-refractivity contribution in [3.05, 3.63) is 0 Å². The molecule has 0 atom stereocenters. The maximum absolute atomic E-state index is 2.71. The summed E-state index contributed by atoms with van der Waals surface area (Å²) in [6, 6.07) is 0. The van der Waals surface area contributed by atoms with E-state index in [-0.39, 0.29) is 0 Å². The number of halogens is 1. The van der Waals surface area contributed by atoms with Crippen LogP contribution in [-0.2, 0) is 0 Å². The van der Waals surface area contributed by atoms with Crippen LogP contribution in [0.15, 0.2) is 0 Å². The van der Waals surface area contributed by atoms with Crippen molar-refractivity contribution in [1.82, 2.24) is 0 Å². The lowest BCUT2D eigenvalue weighted by Crippen LogP contribution is -2.68. The highest BCUT2D eigenvalue weighted by atomic mass is 127. The summed E-state index contributed by atoms with van der Waals surface area (Å²) in [7, 11) is 17.9. The molecule has 0 unspecified atom stereocenters. The fourth-order valence-corrected chi connectivity index (χ4v) is 5.85. The Bertz CT molecular complexity index is 153. The van der Waals surface area contributed by atoms with Crippen molar-refractivity contribution in [3.63, 3.8) is 0 Å². The van der Waals surface area contributed by atoms with E-state index in [9.17, 15) is 0 Å². The van der Waals surface area contributed by atoms with Gasteiger partial charge in [-0.1, -0.05) is 0 Å². The van der Waals surface area contributed by atoms with Gasteiger partial charge in [-0.25, -0.2) is 0 Å². The van der Waals surface area contributed by atoms with Gasteiger partial charge in [0.25, 0.3) is 0 Å². The standard InChI is InChI=1S/B14H15I/c1-8-12(9(2)3)14(15)13(10(4)5)11(6)7/h8H,1-7H2. The van der Waals surface area contributed by atoms with Gasteiger partial charge >= 0.3 is 0 Å². The number of hydrogen-bond acceptors (Lipinski definition) is 0. The first-order chi connectivity index (χ1) is 6.82. The van der Waals surface area contributed by atoms with Gasteiger partial charge in [0, 0.05) is 39.0 Å². The Kier molecular flexibility index (Phi) is 8.73. The van der Waals surface area contributed by atoms with Gasteiger partial charge < -0.3 is 0 Å². The van der Waals surface area contributed by atoms with E-state index in [1.807, 2.05) is 0 Å². The predicted molar refractivity (Wildman–Crippen MR) is 116 cm³/mol. The first-order valence-corrected chi connectivity index (χ1v) is 7.71. The van der Waals surface area contributed by atoms with Crippen LogP contribution >= 0.6 is 22.4 Å². The van der Waals surface area contributed by atoms with E-state index < -0.39 is 0 Å². The minimum atomic E-state index is 0.805. The summed E-state index contributed by atoms with van der Waals surface area (Å²) < 4.78 is 0.826. The van der Waals surface area contributed by atoms with Crippen LogP contribution in [-0.4, -0.2) is 97.5 Å². The van der Waals surface area contributed by atoms with Gasteiger partial charge in [0.05, 0.1) is 54.2 Å². The van der Waals surface area contributed by atoms with Crippen molar-refractivity contribution in [3.8, 4) is 0 Å². The van der Waals surface area contributed by atoms with Crippen LogP contribution in [0.5, 0.6) is 0 Å². The molecule has 0 nitrogen and oxygen atoms in total. The minimum Gasteiger partial charge on any atom is -0.173 e. The summed E-state index contributed by atoms with van der Waals surface area (Å²) in [4.78, 5) is 0. The Morgan fingerprint density at radius 1 is 0.800 bits per heavy atom. The van der Waals surface area contributed by atoms with Crippen LogP contribution < -0.4 is 0 Å². The second-order valence-electron chi connectivity index (χ2n) is 5.83. The van der Waals surface area contributed by atoms with Gasteiger partial charge in [0.2, 0.25) is 0 Å². The van der Waals surface area contributed by atoms with Crippen molar-refractivity contribution in [2.75, 3.05) is 0 Å². The third-order valence-corrected chi connectivity index (χ3v) is 5.40. The van der Waals surface area contributed by atoms with Crippen molar-refractivity contribution < 1.29 is 0 Å². The lowest BCUT2D eigenvalue weighted by Gasteiger charge is -2.29. The first-order valence-electron chi connectivity index (χ1n) is 6.46. The van der Waals surface area contributed by atoms with Crippen LogP contribution in [0.25, 0.3) is 0 Å². The van der Waals surface area contributed by atoms with Gasteiger partial charge in [0.1, 0.15) is 4.35 Å². The number of rotatable bonds is 6. The quantitative estimate of drug-likeness (QED) is 0.337. The van der Waals surface area contributed by atoms with E-state index in [0.29, 0.717) is 0 Å². The average Bonchev–Trinajstić information content (AvgIpc) is 2.02. The summed E-state index contributed by atoms with van der Waals surface area (Å²) in [5.41, 5.74) is 0. The molecule has 0 N–H and O–H groups in total. The summed E-state index contributed by atoms with van der Waals surface area (Å²) in [6.07, 6.45) is 4.16. The van der Waals surface area contributed by atoms with Crippen LogP contribution in [0, 0.1) is 0 Å². The van der Waals surface area contributed by atoms with Gasteiger partial charge in [-0.15, -0.1) is 0 Å². The Labute approximate surface area is 119 Å². The van der Waals surface area contributed by atoms with E-state index in [4.69, 9.17) is 0 Å². The topological polar surface area (TPSA) is 0 Å². The second kappa shape index (κ2) is 7.87. The zero-order valence-corrected chi connectivity index (χ0v) is 13.7. The van der Waals surface area contributed by atoms with Gasteiger partial charge in [0.15, 0.2) is 0 Å². The highest BCUT2D eigenvalue weighted by Crippen LogP contribution is 2.07. The average molecular weight is 293 g/mol. The molecule has 0 aromatic rings. The Hall–Kier alpha value is 1.64. The molecule has 0 aliphatic carbocycles. The molecule has 0 bridgehead atoms. The molecule has 0 amide bonds. The molecule has 0 saturated heterocycles. The lowest BCUT2D eigenvalue weighted by molar-refractivity contribution is 3.48. The van der Waals surface area contributed by atoms with E-state index in [1.54, 1.807) is 0 Å². The fourth-order valence-electron chi connectivity index (χ4n) is 2.85. The molecular formula is H15B14I. The molecule has 0 saturated carbocycles. The molecule has 15 heteroatoms. The van der Waals surface area contributed by atoms with Crippen molar-refractivity contribution in [1.29, 1.82) is 0 Å². The van der Waals surface area contributed by atoms with E-state index >= 15 is 0 Å². The smallest absolute Gasteiger partial charge is 0.120 e. The van der Waals surface area contributed by atoms with Gasteiger partial charge in [-0.05, 0) is 0 Å². The molecule has 0 radical (unpaired) electrons. The maximum atomic E-state index is 2.71. The van der Waals surface area contributed by atoms with E-state index in [0.717, 1.165) is 36.3 Å². The summed E-state index contributed by atoms with van der Waals surface area (Å²) >= 11 is 2.71. The molecule has 0 aliphatic heterocycles. The van der Waals surface area contributed by atoms with Crippen molar-refractivity contribution in [2.24, 2.45) is 0 Å². The molecule has 0 aliphatic rings. The van der Waals surface area contributed by atoms with Crippen LogP contribution in [0.2, 0.25) is 0 Å². The van der Waals surface area contributed by atoms with Gasteiger partial charge in [-0.3, -0.25) is 0 Å². The van der Waals surface area contributed by atoms with Crippen LogP contribution in [0.3, 0.4) is 0 Å². The van der Waals surface area contributed by atoms with E-state index in [1.165, 1.54) is 7.06 Å². The Morgan fingerprint density at radius 3 is 1.40 bits per heavy atom. The Morgan fingerprint density at radius 2 is 1.20 bits per heavy atom. The summed E-state index contributed by atoms with van der Waals surface area (Å²) in [6.45, 7) is 0. The zero-order valence-electron chi connectivity index (χ0n) is 11.5. The summed E-state index contributed by atoms with van der Waals surface area (Å²) in [5, 5.41) is 0. The highest BCUT2D eigenvalue weighted by molar-refractivity contribution is 14.1. The predicted octanol–water partition coefficient (Wildman–Crippen LogP) is -8.46. The van der Waals surface area contributed by atoms with Gasteiger partial charge in [-0.2, -0.15) is 22.4 Å². The highest BCUT2D eigenvalue weighted by Gasteiger charge is 2.38. The molecular weight excluding hydrogens is 278 g/mol. The Balaban J connectivity index is 4.67. The molecule has 0 aromatic carbocycles. The maximum Gasteiger partial charge on any atom is 0.120 e. The SMILES string of the molecule is BBB(B(B)B)B(I)B(B(B)B)B(B)B. The monoisotopic (exact) mass is 296 g/mol. The summed E-state index contributed by atoms with van der Waals surface area (Å²) in [5.74, 6) is 0. The zero-order chi connectivity index (χ0) is 12.2. The molecule has 0 rings (SSSR count). The molecule has 0 spiro atoms. The second-order valence-corrected chi connectivity index (χ2v) is 7.26. The fraction of sp³-hybridized carbons (Fsp3) is 0. The largest absolute Gasteiger partial charge is 0.173 e. The first kappa shape index (κ1) is 16.6. The third kappa shape index (κ3) is 5.21. The number of hydrogen-bond donors (Lipinski definition) is 0. The molecule has 0 heterocycles. The van der Waals surface area contributed by atoms with Crippen molar-refractivity contribution >= 4 is 120 Å². The normalized spacial score (nSPS) is 8.87. The minimum absolute atomic E-state index is 0.805. The van der Waals surface area contributed by atoms with Crippen molar-refractivity contribution in [2.45, 2.75) is 0 Å². The molecule has 0 fully saturated rings. The molecule has 15 heavy (non-hydrogen) atoms. The molecule has 0 aromatic heterocycles. The molecule has 64 valence electrons. The van der Waals surface area contributed by atoms with Crippen LogP contribution in [0.4, 0.5) is 0 Å². The van der Waals surface area contributed by atoms with E-state index in [2.05, 4.69) is 76.5 Å².